The molecule has 1 N–H and O–H groups in total. The van der Waals surface area contributed by atoms with Gasteiger partial charge < -0.3 is 5.11 Å². The minimum atomic E-state index is -0.679. The average molecular weight is 217 g/mol. The second-order valence-corrected chi connectivity index (χ2v) is 3.83. The number of β-amino-alcohol motifs (C(OH)–C–C–N with tert-alkyl or cyclic N) is 1. The topological polar surface area (TPSA) is 49.8 Å². The van der Waals surface area contributed by atoms with Gasteiger partial charge in [-0.05, 0) is 11.4 Å². The van der Waals surface area contributed by atoms with Crippen LogP contribution in [0.3, 0.4) is 0 Å². The summed E-state index contributed by atoms with van der Waals surface area (Å²) in [4.78, 5) is 16.4. The molecule has 14 heavy (non-hydrogen) atoms. The van der Waals surface area contributed by atoms with Crippen molar-refractivity contribution in [2.45, 2.75) is 6.10 Å². The Hall–Kier alpha value is -0.980. The number of hydrogen-bond acceptors (Lipinski definition) is 4. The van der Waals surface area contributed by atoms with Crippen molar-refractivity contribution >= 4 is 17.2 Å². The maximum atomic E-state index is 13.0. The predicted octanol–water partition coefficient (Wildman–Crippen LogP) is 0.636. The van der Waals surface area contributed by atoms with Gasteiger partial charge >= 0.3 is 0 Å². The molecule has 1 amide bonds. The van der Waals surface area contributed by atoms with Crippen LogP contribution in [-0.4, -0.2) is 35.3 Å². The first-order chi connectivity index (χ1) is 6.68. The first kappa shape index (κ1) is 9.57. The SMILES string of the molecule is O=C(c1sccc1F)N1CC(O)CO1. The normalized spacial score (nSPS) is 21.6. The van der Waals surface area contributed by atoms with Gasteiger partial charge in [0.15, 0.2) is 0 Å². The molecule has 1 aromatic heterocycles. The lowest BCUT2D eigenvalue weighted by Crippen LogP contribution is -2.28. The molecule has 1 fully saturated rings. The van der Waals surface area contributed by atoms with Crippen LogP contribution in [0, 0.1) is 5.82 Å². The smallest absolute Gasteiger partial charge is 0.290 e. The molecular formula is C8H8FNO3S. The fourth-order valence-corrected chi connectivity index (χ4v) is 1.88. The molecule has 0 saturated carbocycles. The number of halogens is 1. The minimum Gasteiger partial charge on any atom is -0.389 e. The number of nitrogens with zero attached hydrogens (tertiary/aromatic N) is 1. The summed E-state index contributed by atoms with van der Waals surface area (Å²) in [6.45, 7) is 0.176. The number of rotatable bonds is 1. The van der Waals surface area contributed by atoms with Crippen molar-refractivity contribution in [1.82, 2.24) is 5.06 Å². The highest BCUT2D eigenvalue weighted by Gasteiger charge is 2.29. The Bertz CT molecular complexity index is 354. The van der Waals surface area contributed by atoms with Crippen LogP contribution in [0.25, 0.3) is 0 Å². The number of carbonyl (C=O) groups excluding carboxylic acids is 1. The summed E-state index contributed by atoms with van der Waals surface area (Å²) >= 11 is 1.02. The van der Waals surface area contributed by atoms with E-state index >= 15 is 0 Å². The van der Waals surface area contributed by atoms with Crippen LogP contribution in [0.5, 0.6) is 0 Å². The van der Waals surface area contributed by atoms with Gasteiger partial charge in [0.1, 0.15) is 23.4 Å². The van der Waals surface area contributed by atoms with Crippen molar-refractivity contribution in [3.63, 3.8) is 0 Å². The van der Waals surface area contributed by atoms with Crippen molar-refractivity contribution in [2.75, 3.05) is 13.2 Å². The minimum absolute atomic E-state index is 0.0131. The molecule has 1 aromatic rings. The first-order valence-corrected chi connectivity index (χ1v) is 4.92. The largest absolute Gasteiger partial charge is 0.389 e. The molecule has 0 bridgehead atoms. The maximum absolute atomic E-state index is 13.0. The molecule has 1 aliphatic rings. The van der Waals surface area contributed by atoms with E-state index < -0.39 is 17.8 Å². The van der Waals surface area contributed by atoms with Gasteiger partial charge in [-0.3, -0.25) is 9.63 Å². The van der Waals surface area contributed by atoms with Gasteiger partial charge in [-0.25, -0.2) is 9.45 Å². The zero-order chi connectivity index (χ0) is 10.1. The van der Waals surface area contributed by atoms with Gasteiger partial charge in [0.05, 0.1) is 6.54 Å². The second-order valence-electron chi connectivity index (χ2n) is 2.91. The summed E-state index contributed by atoms with van der Waals surface area (Å²) in [7, 11) is 0. The average Bonchev–Trinajstić information content (AvgIpc) is 2.73. The molecular weight excluding hydrogens is 209 g/mol. The molecule has 4 nitrogen and oxygen atoms in total. The van der Waals surface area contributed by atoms with Crippen LogP contribution in [0.1, 0.15) is 9.67 Å². The molecule has 0 radical (unpaired) electrons. The Morgan fingerprint density at radius 1 is 1.79 bits per heavy atom. The zero-order valence-corrected chi connectivity index (χ0v) is 7.96. The predicted molar refractivity (Wildman–Crippen MR) is 47.3 cm³/mol. The summed E-state index contributed by atoms with van der Waals surface area (Å²) in [6, 6.07) is 1.23. The summed E-state index contributed by atoms with van der Waals surface area (Å²) in [5.41, 5.74) is 0. The molecule has 1 aliphatic heterocycles. The van der Waals surface area contributed by atoms with E-state index in [1.807, 2.05) is 0 Å². The molecule has 2 heterocycles. The van der Waals surface area contributed by atoms with Gasteiger partial charge in [0, 0.05) is 0 Å². The molecule has 2 rings (SSSR count). The van der Waals surface area contributed by atoms with Crippen LogP contribution in [-0.2, 0) is 4.84 Å². The summed E-state index contributed by atoms with van der Waals surface area (Å²) in [6.07, 6.45) is -0.679. The molecule has 6 heteroatoms. The summed E-state index contributed by atoms with van der Waals surface area (Å²) < 4.78 is 13.0. The van der Waals surface area contributed by atoms with E-state index in [0.29, 0.717) is 0 Å². The highest BCUT2D eigenvalue weighted by molar-refractivity contribution is 7.12. The zero-order valence-electron chi connectivity index (χ0n) is 7.14. The number of hydrogen-bond donors (Lipinski definition) is 1. The van der Waals surface area contributed by atoms with E-state index in [2.05, 4.69) is 0 Å². The number of aliphatic hydroxyl groups is 1. The first-order valence-electron chi connectivity index (χ1n) is 4.04. The Kier molecular flexibility index (Phi) is 2.49. The lowest BCUT2D eigenvalue weighted by atomic mass is 10.3. The Labute approximate surface area is 83.5 Å². The number of aliphatic hydroxyl groups excluding tert-OH is 1. The molecule has 0 spiro atoms. The van der Waals surface area contributed by atoms with Gasteiger partial charge in [0.2, 0.25) is 0 Å². The lowest BCUT2D eigenvalue weighted by Gasteiger charge is -2.11. The quantitative estimate of drug-likeness (QED) is 0.750. The maximum Gasteiger partial charge on any atom is 0.290 e. The Morgan fingerprint density at radius 3 is 3.07 bits per heavy atom. The summed E-state index contributed by atoms with van der Waals surface area (Å²) in [5, 5.41) is 11.6. The third-order valence-electron chi connectivity index (χ3n) is 1.84. The van der Waals surface area contributed by atoms with Crippen molar-refractivity contribution in [3.8, 4) is 0 Å². The second kappa shape index (κ2) is 3.64. The Morgan fingerprint density at radius 2 is 2.57 bits per heavy atom. The molecule has 1 atom stereocenters. The van der Waals surface area contributed by atoms with Crippen LogP contribution in [0.15, 0.2) is 11.4 Å². The van der Waals surface area contributed by atoms with Gasteiger partial charge in [-0.1, -0.05) is 0 Å². The third-order valence-corrected chi connectivity index (χ3v) is 2.71. The van der Waals surface area contributed by atoms with E-state index in [1.165, 1.54) is 11.4 Å². The molecule has 0 aromatic carbocycles. The standard InChI is InChI=1S/C8H8FNO3S/c9-6-1-2-14-7(6)8(12)10-3-5(11)4-13-10/h1-2,5,11H,3-4H2. The lowest BCUT2D eigenvalue weighted by molar-refractivity contribution is -0.0778. The fourth-order valence-electron chi connectivity index (χ4n) is 1.17. The van der Waals surface area contributed by atoms with Crippen LogP contribution < -0.4 is 0 Å². The van der Waals surface area contributed by atoms with E-state index in [-0.39, 0.29) is 18.0 Å². The van der Waals surface area contributed by atoms with Crippen LogP contribution in [0.2, 0.25) is 0 Å². The highest BCUT2D eigenvalue weighted by Crippen LogP contribution is 2.19. The van der Waals surface area contributed by atoms with Crippen molar-refractivity contribution in [3.05, 3.63) is 22.1 Å². The molecule has 76 valence electrons. The number of hydroxylamine groups is 2. The fraction of sp³-hybridized carbons (Fsp3) is 0.375. The van der Waals surface area contributed by atoms with E-state index in [1.54, 1.807) is 0 Å². The number of amides is 1. The van der Waals surface area contributed by atoms with Crippen LogP contribution >= 0.6 is 11.3 Å². The van der Waals surface area contributed by atoms with Crippen LogP contribution in [0.4, 0.5) is 4.39 Å². The van der Waals surface area contributed by atoms with E-state index in [4.69, 9.17) is 9.94 Å². The van der Waals surface area contributed by atoms with E-state index in [9.17, 15) is 9.18 Å². The summed E-state index contributed by atoms with van der Waals surface area (Å²) in [5.74, 6) is -1.08. The van der Waals surface area contributed by atoms with E-state index in [0.717, 1.165) is 16.4 Å². The molecule has 1 saturated heterocycles. The third kappa shape index (κ3) is 1.63. The molecule has 0 aliphatic carbocycles. The van der Waals surface area contributed by atoms with Crippen molar-refractivity contribution in [1.29, 1.82) is 0 Å². The number of thiophene rings is 1. The highest BCUT2D eigenvalue weighted by atomic mass is 32.1. The van der Waals surface area contributed by atoms with Crippen molar-refractivity contribution in [2.24, 2.45) is 0 Å². The number of carbonyl (C=O) groups is 1. The Balaban J connectivity index is 2.13. The van der Waals surface area contributed by atoms with Gasteiger partial charge in [-0.15, -0.1) is 11.3 Å². The van der Waals surface area contributed by atoms with Crippen molar-refractivity contribution < 1.29 is 19.1 Å². The van der Waals surface area contributed by atoms with Gasteiger partial charge in [-0.2, -0.15) is 0 Å². The van der Waals surface area contributed by atoms with Gasteiger partial charge in [0.25, 0.3) is 5.91 Å². The molecule has 1 unspecified atom stereocenters. The monoisotopic (exact) mass is 217 g/mol.